The topological polar surface area (TPSA) is 20.2 Å². The van der Waals surface area contributed by atoms with Crippen molar-refractivity contribution in [3.63, 3.8) is 0 Å². The van der Waals surface area contributed by atoms with Crippen LogP contribution in [-0.2, 0) is 0 Å². The van der Waals surface area contributed by atoms with Gasteiger partial charge in [-0.2, -0.15) is 0 Å². The molecule has 0 heterocycles. The molecule has 1 atom stereocenters. The minimum Gasteiger partial charge on any atom is -0.392 e. The zero-order valence-corrected chi connectivity index (χ0v) is 8.76. The number of halogens is 1. The summed E-state index contributed by atoms with van der Waals surface area (Å²) in [6.07, 6.45) is 5.16. The molecule has 1 aliphatic carbocycles. The molecule has 0 aromatic carbocycles. The first-order valence-electron chi connectivity index (χ1n) is 4.02. The van der Waals surface area contributed by atoms with E-state index in [0.717, 1.165) is 22.0 Å². The van der Waals surface area contributed by atoms with Crippen molar-refractivity contribution in [2.24, 2.45) is 0 Å². The van der Waals surface area contributed by atoms with E-state index in [4.69, 9.17) is 0 Å². The van der Waals surface area contributed by atoms with E-state index in [-0.39, 0.29) is 6.10 Å². The largest absolute Gasteiger partial charge is 0.392 e. The van der Waals surface area contributed by atoms with Gasteiger partial charge in [0.05, 0.1) is 6.10 Å². The lowest BCUT2D eigenvalue weighted by molar-refractivity contribution is 0.190. The van der Waals surface area contributed by atoms with Gasteiger partial charge in [0.2, 0.25) is 0 Å². The zero-order chi connectivity index (χ0) is 9.14. The second-order valence-corrected chi connectivity index (χ2v) is 3.85. The molecule has 1 N–H and O–H groups in total. The molecule has 66 valence electrons. The molecule has 0 amide bonds. The molecule has 0 aromatic heterocycles. The first kappa shape index (κ1) is 9.75. The Hall–Kier alpha value is -0.340. The van der Waals surface area contributed by atoms with Crippen LogP contribution in [0.1, 0.15) is 19.8 Å². The van der Waals surface area contributed by atoms with E-state index in [1.165, 1.54) is 0 Å². The van der Waals surface area contributed by atoms with Crippen LogP contribution in [0.4, 0.5) is 0 Å². The lowest BCUT2D eigenvalue weighted by atomic mass is 10.1. The van der Waals surface area contributed by atoms with E-state index < -0.39 is 0 Å². The number of hydrogen-bond acceptors (Lipinski definition) is 1. The number of hydrogen-bond donors (Lipinski definition) is 1. The summed E-state index contributed by atoms with van der Waals surface area (Å²) in [7, 11) is 0. The fourth-order valence-electron chi connectivity index (χ4n) is 1.37. The molecule has 1 rings (SSSR count). The van der Waals surface area contributed by atoms with Gasteiger partial charge in [0.1, 0.15) is 0 Å². The first-order chi connectivity index (χ1) is 5.65. The summed E-state index contributed by atoms with van der Waals surface area (Å²) >= 11 is 3.45. The molecule has 1 fully saturated rings. The summed E-state index contributed by atoms with van der Waals surface area (Å²) in [5.41, 5.74) is 2.20. The van der Waals surface area contributed by atoms with E-state index in [2.05, 4.69) is 22.5 Å². The fourth-order valence-corrected chi connectivity index (χ4v) is 2.08. The zero-order valence-electron chi connectivity index (χ0n) is 7.18. The predicted molar refractivity (Wildman–Crippen MR) is 55.1 cm³/mol. The maximum Gasteiger partial charge on any atom is 0.0621 e. The Morgan fingerprint density at radius 3 is 2.75 bits per heavy atom. The number of allylic oxidation sites excluding steroid dienone is 3. The van der Waals surface area contributed by atoms with Gasteiger partial charge in [0.25, 0.3) is 0 Å². The van der Waals surface area contributed by atoms with Crippen molar-refractivity contribution >= 4 is 15.9 Å². The third-order valence-corrected chi connectivity index (χ3v) is 2.69. The molecule has 12 heavy (non-hydrogen) atoms. The van der Waals surface area contributed by atoms with Gasteiger partial charge in [-0.3, -0.25) is 0 Å². The summed E-state index contributed by atoms with van der Waals surface area (Å²) in [5, 5.41) is 9.35. The summed E-state index contributed by atoms with van der Waals surface area (Å²) in [6.45, 7) is 5.88. The van der Waals surface area contributed by atoms with Crippen molar-refractivity contribution in [3.05, 3.63) is 34.4 Å². The quantitative estimate of drug-likeness (QED) is 0.732. The highest BCUT2D eigenvalue weighted by Gasteiger charge is 2.21. The van der Waals surface area contributed by atoms with Gasteiger partial charge in [-0.1, -0.05) is 34.7 Å². The van der Waals surface area contributed by atoms with E-state index in [0.29, 0.717) is 6.42 Å². The van der Waals surface area contributed by atoms with Crippen LogP contribution in [0.25, 0.3) is 0 Å². The number of aliphatic hydroxyl groups excluding tert-OH is 1. The molecule has 0 spiro atoms. The maximum atomic E-state index is 9.35. The second kappa shape index (κ2) is 4.06. The van der Waals surface area contributed by atoms with Crippen LogP contribution < -0.4 is 0 Å². The highest BCUT2D eigenvalue weighted by molar-refractivity contribution is 9.11. The molecule has 1 nitrogen and oxygen atoms in total. The fraction of sp³-hybridized carbons (Fsp3) is 0.400. The summed E-state index contributed by atoms with van der Waals surface area (Å²) in [5.74, 6) is 0. The Kier molecular flexibility index (Phi) is 3.29. The van der Waals surface area contributed by atoms with E-state index in [9.17, 15) is 5.11 Å². The first-order valence-corrected chi connectivity index (χ1v) is 4.82. The minimum absolute atomic E-state index is 0.231. The third kappa shape index (κ3) is 2.08. The van der Waals surface area contributed by atoms with E-state index >= 15 is 0 Å². The maximum absolute atomic E-state index is 9.35. The molecule has 0 radical (unpaired) electrons. The summed E-state index contributed by atoms with van der Waals surface area (Å²) in [4.78, 5) is 0. The van der Waals surface area contributed by atoms with Crippen LogP contribution in [0.3, 0.4) is 0 Å². The Bertz CT molecular complexity index is 251. The SMILES string of the molecule is C=C1CC(O)C/C1=C(Br)/C=C\C. The third-order valence-electron chi connectivity index (χ3n) is 1.95. The van der Waals surface area contributed by atoms with Crippen molar-refractivity contribution in [2.45, 2.75) is 25.9 Å². The molecule has 2 heteroatoms. The molecule has 0 aliphatic heterocycles. The molecule has 0 aromatic rings. The molecule has 1 unspecified atom stereocenters. The number of rotatable bonds is 1. The molecule has 1 aliphatic rings. The van der Waals surface area contributed by atoms with Crippen LogP contribution in [0.5, 0.6) is 0 Å². The van der Waals surface area contributed by atoms with Crippen LogP contribution in [-0.4, -0.2) is 11.2 Å². The van der Waals surface area contributed by atoms with Crippen molar-refractivity contribution in [1.82, 2.24) is 0 Å². The monoisotopic (exact) mass is 228 g/mol. The van der Waals surface area contributed by atoms with E-state index in [1.54, 1.807) is 0 Å². The van der Waals surface area contributed by atoms with Crippen LogP contribution in [0.2, 0.25) is 0 Å². The summed E-state index contributed by atoms with van der Waals surface area (Å²) in [6, 6.07) is 0. The standard InChI is InChI=1S/C10H13BrO/c1-3-4-10(11)9-6-8(12)5-7(9)2/h3-4,8,12H,2,5-6H2,1H3/b4-3-,10-9+. The Balaban J connectivity index is 2.87. The smallest absolute Gasteiger partial charge is 0.0621 e. The lowest BCUT2D eigenvalue weighted by Gasteiger charge is -1.99. The van der Waals surface area contributed by atoms with Crippen molar-refractivity contribution < 1.29 is 5.11 Å². The lowest BCUT2D eigenvalue weighted by Crippen LogP contribution is -1.96. The van der Waals surface area contributed by atoms with Gasteiger partial charge < -0.3 is 5.11 Å². The molecular weight excluding hydrogens is 216 g/mol. The molecule has 0 bridgehead atoms. The van der Waals surface area contributed by atoms with Gasteiger partial charge in [0, 0.05) is 10.9 Å². The predicted octanol–water partition coefficient (Wildman–Crippen LogP) is 2.92. The molecule has 0 saturated heterocycles. The van der Waals surface area contributed by atoms with Gasteiger partial charge in [-0.15, -0.1) is 0 Å². The normalized spacial score (nSPS) is 28.6. The van der Waals surface area contributed by atoms with Crippen LogP contribution in [0.15, 0.2) is 34.4 Å². The summed E-state index contributed by atoms with van der Waals surface area (Å²) < 4.78 is 1.05. The molecular formula is C10H13BrO. The van der Waals surface area contributed by atoms with Gasteiger partial charge in [0.15, 0.2) is 0 Å². The number of aliphatic hydroxyl groups is 1. The highest BCUT2D eigenvalue weighted by Crippen LogP contribution is 2.34. The Labute approximate surface area is 81.6 Å². The van der Waals surface area contributed by atoms with Crippen molar-refractivity contribution in [1.29, 1.82) is 0 Å². The average molecular weight is 229 g/mol. The van der Waals surface area contributed by atoms with Crippen molar-refractivity contribution in [2.75, 3.05) is 0 Å². The Morgan fingerprint density at radius 1 is 1.67 bits per heavy atom. The minimum atomic E-state index is -0.231. The van der Waals surface area contributed by atoms with Gasteiger partial charge in [-0.25, -0.2) is 0 Å². The average Bonchev–Trinajstić information content (AvgIpc) is 2.30. The van der Waals surface area contributed by atoms with E-state index in [1.807, 2.05) is 19.1 Å². The Morgan fingerprint density at radius 2 is 2.33 bits per heavy atom. The highest BCUT2D eigenvalue weighted by atomic mass is 79.9. The molecule has 1 saturated carbocycles. The van der Waals surface area contributed by atoms with Gasteiger partial charge >= 0.3 is 0 Å². The van der Waals surface area contributed by atoms with Gasteiger partial charge in [-0.05, 0) is 24.5 Å². The van der Waals surface area contributed by atoms with Crippen LogP contribution in [0, 0.1) is 0 Å². The van der Waals surface area contributed by atoms with Crippen LogP contribution >= 0.6 is 15.9 Å². The van der Waals surface area contributed by atoms with Crippen molar-refractivity contribution in [3.8, 4) is 0 Å². The second-order valence-electron chi connectivity index (χ2n) is 2.99.